The molecule has 0 atom stereocenters. The third kappa shape index (κ3) is 3.92. The Labute approximate surface area is 157 Å². The molecule has 1 amide bonds. The number of ether oxygens (including phenoxy) is 1. The van der Waals surface area contributed by atoms with E-state index >= 15 is 0 Å². The van der Waals surface area contributed by atoms with Crippen molar-refractivity contribution in [3.05, 3.63) is 76.1 Å². The molecule has 27 heavy (non-hydrogen) atoms. The smallest absolute Gasteiger partial charge is 0.414 e. The quantitative estimate of drug-likeness (QED) is 0.625. The molecule has 0 N–H and O–H groups in total. The van der Waals surface area contributed by atoms with Crippen LogP contribution in [0.5, 0.6) is 5.75 Å². The second kappa shape index (κ2) is 7.91. The number of allylic oxidation sites excluding steroid dienone is 1. The molecule has 5 nitrogen and oxygen atoms in total. The SMILES string of the molecule is CC/C(=C\c1ccccc1)c1c(OC(=O)N(C)C)c2ccccc2oc1=O. The van der Waals surface area contributed by atoms with Gasteiger partial charge in [-0.1, -0.05) is 55.5 Å². The molecule has 1 aromatic heterocycles. The Bertz CT molecular complexity index is 1050. The van der Waals surface area contributed by atoms with Crippen LogP contribution in [0.1, 0.15) is 24.5 Å². The third-order valence-corrected chi connectivity index (χ3v) is 4.16. The fourth-order valence-electron chi connectivity index (χ4n) is 2.78. The Morgan fingerprint density at radius 1 is 1.07 bits per heavy atom. The third-order valence-electron chi connectivity index (χ3n) is 4.16. The highest BCUT2D eigenvalue weighted by Gasteiger charge is 2.22. The standard InChI is InChI=1S/C22H21NO4/c1-4-16(14-15-10-6-5-7-11-15)19-20(27-22(25)23(2)3)17-12-8-9-13-18(17)26-21(19)24/h5-14H,4H2,1-3H3/b16-14+. The Kier molecular flexibility index (Phi) is 5.41. The summed E-state index contributed by atoms with van der Waals surface area (Å²) in [5.74, 6) is 0.226. The zero-order valence-electron chi connectivity index (χ0n) is 15.6. The van der Waals surface area contributed by atoms with Crippen molar-refractivity contribution in [2.45, 2.75) is 13.3 Å². The van der Waals surface area contributed by atoms with Crippen LogP contribution in [-0.4, -0.2) is 25.1 Å². The number of para-hydroxylation sites is 1. The Balaban J connectivity index is 2.27. The van der Waals surface area contributed by atoms with Gasteiger partial charge < -0.3 is 14.1 Å². The van der Waals surface area contributed by atoms with Crippen LogP contribution in [0.2, 0.25) is 0 Å². The number of benzene rings is 2. The number of nitrogens with zero attached hydrogens (tertiary/aromatic N) is 1. The van der Waals surface area contributed by atoms with Crippen LogP contribution in [0, 0.1) is 0 Å². The van der Waals surface area contributed by atoms with Gasteiger partial charge in [0.15, 0.2) is 5.75 Å². The monoisotopic (exact) mass is 363 g/mol. The molecule has 0 aliphatic rings. The molecule has 0 spiro atoms. The average Bonchev–Trinajstić information content (AvgIpc) is 2.67. The van der Waals surface area contributed by atoms with E-state index in [4.69, 9.17) is 9.15 Å². The number of carbonyl (C=O) groups excluding carboxylic acids is 1. The first-order valence-corrected chi connectivity index (χ1v) is 8.72. The fraction of sp³-hybridized carbons (Fsp3) is 0.182. The molecule has 5 heteroatoms. The number of carbonyl (C=O) groups is 1. The van der Waals surface area contributed by atoms with Crippen LogP contribution in [0.4, 0.5) is 4.79 Å². The minimum Gasteiger partial charge on any atom is -0.422 e. The minimum absolute atomic E-state index is 0.226. The van der Waals surface area contributed by atoms with Crippen molar-refractivity contribution in [2.75, 3.05) is 14.1 Å². The van der Waals surface area contributed by atoms with Gasteiger partial charge in [-0.25, -0.2) is 9.59 Å². The summed E-state index contributed by atoms with van der Waals surface area (Å²) in [6.07, 6.45) is 1.93. The van der Waals surface area contributed by atoms with Crippen LogP contribution in [0.25, 0.3) is 22.6 Å². The number of rotatable bonds is 4. The van der Waals surface area contributed by atoms with Gasteiger partial charge in [-0.15, -0.1) is 0 Å². The van der Waals surface area contributed by atoms with E-state index in [1.54, 1.807) is 32.3 Å². The molecule has 3 aromatic rings. The maximum Gasteiger partial charge on any atom is 0.414 e. The van der Waals surface area contributed by atoms with Crippen LogP contribution >= 0.6 is 0 Å². The highest BCUT2D eigenvalue weighted by atomic mass is 16.6. The molecule has 0 unspecified atom stereocenters. The fourth-order valence-corrected chi connectivity index (χ4v) is 2.78. The first-order valence-electron chi connectivity index (χ1n) is 8.72. The molecular formula is C22H21NO4. The first kappa shape index (κ1) is 18.5. The van der Waals surface area contributed by atoms with Crippen molar-refractivity contribution in [3.8, 4) is 5.75 Å². The predicted molar refractivity (Wildman–Crippen MR) is 107 cm³/mol. The van der Waals surface area contributed by atoms with E-state index in [9.17, 15) is 9.59 Å². The Morgan fingerprint density at radius 3 is 2.41 bits per heavy atom. The second-order valence-corrected chi connectivity index (χ2v) is 6.29. The van der Waals surface area contributed by atoms with E-state index in [1.807, 2.05) is 49.4 Å². The molecule has 3 rings (SSSR count). The molecule has 0 saturated carbocycles. The topological polar surface area (TPSA) is 59.8 Å². The Morgan fingerprint density at radius 2 is 1.74 bits per heavy atom. The van der Waals surface area contributed by atoms with Crippen LogP contribution < -0.4 is 10.4 Å². The molecule has 138 valence electrons. The van der Waals surface area contributed by atoms with Crippen molar-refractivity contribution in [3.63, 3.8) is 0 Å². The van der Waals surface area contributed by atoms with Gasteiger partial charge in [0.1, 0.15) is 11.1 Å². The van der Waals surface area contributed by atoms with E-state index < -0.39 is 11.7 Å². The molecule has 1 heterocycles. The molecule has 0 saturated heterocycles. The maximum absolute atomic E-state index is 12.8. The minimum atomic E-state index is -0.554. The second-order valence-electron chi connectivity index (χ2n) is 6.29. The zero-order valence-corrected chi connectivity index (χ0v) is 15.6. The van der Waals surface area contributed by atoms with Crippen molar-refractivity contribution >= 4 is 28.7 Å². The lowest BCUT2D eigenvalue weighted by molar-refractivity contribution is 0.172. The van der Waals surface area contributed by atoms with Gasteiger partial charge in [0.05, 0.1) is 5.39 Å². The van der Waals surface area contributed by atoms with Gasteiger partial charge in [0, 0.05) is 14.1 Å². The lowest BCUT2D eigenvalue weighted by atomic mass is 9.99. The van der Waals surface area contributed by atoms with Gasteiger partial charge in [-0.3, -0.25) is 0 Å². The van der Waals surface area contributed by atoms with Crippen LogP contribution in [-0.2, 0) is 0 Å². The number of fused-ring (bicyclic) bond motifs is 1. The molecule has 0 bridgehead atoms. The lowest BCUT2D eigenvalue weighted by Gasteiger charge is -2.16. The normalized spacial score (nSPS) is 11.4. The summed E-state index contributed by atoms with van der Waals surface area (Å²) in [6.45, 7) is 1.95. The van der Waals surface area contributed by atoms with Gasteiger partial charge in [0.2, 0.25) is 0 Å². The van der Waals surface area contributed by atoms with Crippen LogP contribution in [0.3, 0.4) is 0 Å². The van der Waals surface area contributed by atoms with E-state index in [-0.39, 0.29) is 11.3 Å². The zero-order chi connectivity index (χ0) is 19.4. The molecular weight excluding hydrogens is 342 g/mol. The molecule has 0 fully saturated rings. The van der Waals surface area contributed by atoms with Gasteiger partial charge >= 0.3 is 11.7 Å². The molecule has 0 aliphatic carbocycles. The van der Waals surface area contributed by atoms with Crippen molar-refractivity contribution < 1.29 is 13.9 Å². The van der Waals surface area contributed by atoms with Gasteiger partial charge in [0.25, 0.3) is 0 Å². The summed E-state index contributed by atoms with van der Waals surface area (Å²) in [4.78, 5) is 26.3. The van der Waals surface area contributed by atoms with Gasteiger partial charge in [-0.2, -0.15) is 0 Å². The first-order chi connectivity index (χ1) is 13.0. The summed E-state index contributed by atoms with van der Waals surface area (Å²) in [7, 11) is 3.19. The van der Waals surface area contributed by atoms with E-state index in [2.05, 4.69) is 0 Å². The average molecular weight is 363 g/mol. The summed E-state index contributed by atoms with van der Waals surface area (Å²) in [5, 5.41) is 0.578. The maximum atomic E-state index is 12.8. The largest absolute Gasteiger partial charge is 0.422 e. The summed E-state index contributed by atoms with van der Waals surface area (Å²) in [6, 6.07) is 16.7. The molecule has 0 aliphatic heterocycles. The van der Waals surface area contributed by atoms with E-state index in [1.165, 1.54) is 4.90 Å². The molecule has 0 radical (unpaired) electrons. The molecule has 2 aromatic carbocycles. The summed E-state index contributed by atoms with van der Waals surface area (Å²) >= 11 is 0. The number of hydrogen-bond donors (Lipinski definition) is 0. The number of hydrogen-bond acceptors (Lipinski definition) is 4. The predicted octanol–water partition coefficient (Wildman–Crippen LogP) is 4.80. The van der Waals surface area contributed by atoms with Crippen molar-refractivity contribution in [1.29, 1.82) is 0 Å². The Hall–Kier alpha value is -3.34. The van der Waals surface area contributed by atoms with Crippen molar-refractivity contribution in [1.82, 2.24) is 4.90 Å². The van der Waals surface area contributed by atoms with Crippen molar-refractivity contribution in [2.24, 2.45) is 0 Å². The highest BCUT2D eigenvalue weighted by Crippen LogP contribution is 2.34. The summed E-state index contributed by atoms with van der Waals surface area (Å²) in [5.41, 5.74) is 1.81. The van der Waals surface area contributed by atoms with Gasteiger partial charge in [-0.05, 0) is 29.7 Å². The van der Waals surface area contributed by atoms with Crippen LogP contribution in [0.15, 0.2) is 63.8 Å². The van der Waals surface area contributed by atoms with E-state index in [0.29, 0.717) is 17.4 Å². The van der Waals surface area contributed by atoms with E-state index in [0.717, 1.165) is 11.1 Å². The number of amides is 1. The summed E-state index contributed by atoms with van der Waals surface area (Å²) < 4.78 is 11.1. The highest BCUT2D eigenvalue weighted by molar-refractivity contribution is 5.94. The lowest BCUT2D eigenvalue weighted by Crippen LogP contribution is -2.26.